The predicted molar refractivity (Wildman–Crippen MR) is 77.5 cm³/mol. The molecule has 0 aliphatic rings. The van der Waals surface area contributed by atoms with Gasteiger partial charge in [0.2, 0.25) is 0 Å². The highest BCUT2D eigenvalue weighted by molar-refractivity contribution is 7.98. The number of benzene rings is 1. The fraction of sp³-hybridized carbons (Fsp3) is 0.231. The molecule has 0 radical (unpaired) electrons. The number of rotatable bonds is 3. The first-order chi connectivity index (χ1) is 8.56. The van der Waals surface area contributed by atoms with E-state index in [-0.39, 0.29) is 0 Å². The lowest BCUT2D eigenvalue weighted by molar-refractivity contribution is 0.973. The largest absolute Gasteiger partial charge is 0.237 e. The van der Waals surface area contributed by atoms with Crippen LogP contribution in [0.2, 0.25) is 10.2 Å². The Morgan fingerprint density at radius 3 is 2.33 bits per heavy atom. The normalized spacial score (nSPS) is 10.7. The van der Waals surface area contributed by atoms with Crippen molar-refractivity contribution in [1.82, 2.24) is 9.97 Å². The van der Waals surface area contributed by atoms with Gasteiger partial charge >= 0.3 is 0 Å². The number of aromatic nitrogens is 2. The first kappa shape index (κ1) is 13.7. The van der Waals surface area contributed by atoms with Gasteiger partial charge < -0.3 is 0 Å². The molecule has 2 aromatic rings. The van der Waals surface area contributed by atoms with Crippen molar-refractivity contribution in [3.05, 3.63) is 51.5 Å². The molecule has 1 aromatic carbocycles. The van der Waals surface area contributed by atoms with E-state index in [1.54, 1.807) is 11.8 Å². The second kappa shape index (κ2) is 5.91. The van der Waals surface area contributed by atoms with Gasteiger partial charge in [-0.15, -0.1) is 11.8 Å². The van der Waals surface area contributed by atoms with Gasteiger partial charge in [0.1, 0.15) is 11.0 Å². The molecule has 94 valence electrons. The number of thioether (sulfide) groups is 1. The molecule has 18 heavy (non-hydrogen) atoms. The zero-order valence-electron chi connectivity index (χ0n) is 10.1. The van der Waals surface area contributed by atoms with Crippen LogP contribution >= 0.6 is 35.0 Å². The van der Waals surface area contributed by atoms with Gasteiger partial charge in [-0.25, -0.2) is 9.97 Å². The molecule has 0 unspecified atom stereocenters. The molecule has 1 aromatic heterocycles. The number of nitrogens with zero attached hydrogens (tertiary/aromatic N) is 2. The van der Waals surface area contributed by atoms with Crippen molar-refractivity contribution in [2.24, 2.45) is 0 Å². The van der Waals surface area contributed by atoms with Gasteiger partial charge in [-0.2, -0.15) is 0 Å². The molecule has 0 bridgehead atoms. The van der Waals surface area contributed by atoms with Crippen molar-refractivity contribution in [3.8, 4) is 0 Å². The van der Waals surface area contributed by atoms with Gasteiger partial charge in [0, 0.05) is 21.2 Å². The summed E-state index contributed by atoms with van der Waals surface area (Å²) in [5.74, 6) is 1.45. The second-order valence-corrected chi connectivity index (χ2v) is 5.73. The highest BCUT2D eigenvalue weighted by atomic mass is 35.5. The van der Waals surface area contributed by atoms with E-state index in [9.17, 15) is 0 Å². The van der Waals surface area contributed by atoms with E-state index in [0.717, 1.165) is 27.0 Å². The lowest BCUT2D eigenvalue weighted by Crippen LogP contribution is -1.99. The van der Waals surface area contributed by atoms with E-state index in [1.807, 2.05) is 38.1 Å². The van der Waals surface area contributed by atoms with Crippen LogP contribution in [0, 0.1) is 13.8 Å². The highest BCUT2D eigenvalue weighted by Gasteiger charge is 2.06. The molecule has 2 rings (SSSR count). The molecule has 0 saturated heterocycles. The van der Waals surface area contributed by atoms with Gasteiger partial charge in [0.15, 0.2) is 0 Å². The summed E-state index contributed by atoms with van der Waals surface area (Å²) in [4.78, 5) is 9.83. The maximum atomic E-state index is 6.04. The number of halogens is 2. The quantitative estimate of drug-likeness (QED) is 0.607. The van der Waals surface area contributed by atoms with Crippen LogP contribution in [0.4, 0.5) is 0 Å². The minimum Gasteiger partial charge on any atom is -0.237 e. The van der Waals surface area contributed by atoms with Crippen LogP contribution in [0.5, 0.6) is 0 Å². The fourth-order valence-electron chi connectivity index (χ4n) is 1.39. The number of hydrogen-bond donors (Lipinski definition) is 0. The van der Waals surface area contributed by atoms with E-state index in [2.05, 4.69) is 9.97 Å². The molecule has 5 heteroatoms. The Labute approximate surface area is 121 Å². The third kappa shape index (κ3) is 3.37. The molecule has 0 N–H and O–H groups in total. The van der Waals surface area contributed by atoms with Gasteiger partial charge in [-0.05, 0) is 38.1 Å². The lowest BCUT2D eigenvalue weighted by atomic mass is 10.3. The smallest absolute Gasteiger partial charge is 0.140 e. The Morgan fingerprint density at radius 1 is 1.06 bits per heavy atom. The Hall–Kier alpha value is -0.770. The lowest BCUT2D eigenvalue weighted by Gasteiger charge is -2.05. The summed E-state index contributed by atoms with van der Waals surface area (Å²) in [5, 5.41) is 1.28. The topological polar surface area (TPSA) is 25.8 Å². The summed E-state index contributed by atoms with van der Waals surface area (Å²) in [6.45, 7) is 3.87. The molecule has 0 fully saturated rings. The van der Waals surface area contributed by atoms with E-state index < -0.39 is 0 Å². The average Bonchev–Trinajstić information content (AvgIpc) is 2.35. The summed E-state index contributed by atoms with van der Waals surface area (Å²) in [6, 6.07) is 7.71. The van der Waals surface area contributed by atoms with Crippen molar-refractivity contribution in [1.29, 1.82) is 0 Å². The van der Waals surface area contributed by atoms with Crippen molar-refractivity contribution < 1.29 is 0 Å². The fourth-order valence-corrected chi connectivity index (χ4v) is 2.51. The Kier molecular flexibility index (Phi) is 4.49. The van der Waals surface area contributed by atoms with Crippen LogP contribution < -0.4 is 0 Å². The molecule has 0 spiro atoms. The van der Waals surface area contributed by atoms with E-state index >= 15 is 0 Å². The molecule has 0 aliphatic heterocycles. The maximum absolute atomic E-state index is 6.04. The van der Waals surface area contributed by atoms with Crippen molar-refractivity contribution >= 4 is 35.0 Å². The molecule has 0 aliphatic carbocycles. The van der Waals surface area contributed by atoms with Crippen molar-refractivity contribution in [2.75, 3.05) is 0 Å². The van der Waals surface area contributed by atoms with Crippen LogP contribution in [-0.4, -0.2) is 9.97 Å². The van der Waals surface area contributed by atoms with Gasteiger partial charge in [0.25, 0.3) is 0 Å². The first-order valence-corrected chi connectivity index (χ1v) is 7.18. The van der Waals surface area contributed by atoms with Crippen LogP contribution in [0.25, 0.3) is 0 Å². The first-order valence-electron chi connectivity index (χ1n) is 5.44. The molecule has 0 atom stereocenters. The summed E-state index contributed by atoms with van der Waals surface area (Å²) in [6.07, 6.45) is 0. The molecule has 0 amide bonds. The SMILES string of the molecule is Cc1nc(CSc2ccc(Cl)cc2)nc(Cl)c1C. The maximum Gasteiger partial charge on any atom is 0.140 e. The third-order valence-electron chi connectivity index (χ3n) is 2.56. The zero-order chi connectivity index (χ0) is 13.1. The van der Waals surface area contributed by atoms with Gasteiger partial charge in [-0.1, -0.05) is 23.2 Å². The summed E-state index contributed by atoms with van der Waals surface area (Å²) in [7, 11) is 0. The van der Waals surface area contributed by atoms with Crippen molar-refractivity contribution in [3.63, 3.8) is 0 Å². The minimum absolute atomic E-state index is 0.536. The molecular weight excluding hydrogens is 287 g/mol. The predicted octanol–water partition coefficient (Wildman–Crippen LogP) is 4.69. The van der Waals surface area contributed by atoms with E-state index in [0.29, 0.717) is 10.9 Å². The molecule has 1 heterocycles. The van der Waals surface area contributed by atoms with Crippen LogP contribution in [0.3, 0.4) is 0 Å². The Balaban J connectivity index is 2.08. The Morgan fingerprint density at radius 2 is 1.72 bits per heavy atom. The zero-order valence-corrected chi connectivity index (χ0v) is 12.4. The molecule has 0 saturated carbocycles. The monoisotopic (exact) mass is 298 g/mol. The summed E-state index contributed by atoms with van der Waals surface area (Å²) >= 11 is 13.5. The minimum atomic E-state index is 0.536. The van der Waals surface area contributed by atoms with E-state index in [4.69, 9.17) is 23.2 Å². The standard InChI is InChI=1S/C13H12Cl2N2S/c1-8-9(2)16-12(17-13(8)15)7-18-11-5-3-10(14)4-6-11/h3-6H,7H2,1-2H3. The van der Waals surface area contributed by atoms with Crippen LogP contribution in [-0.2, 0) is 5.75 Å². The number of hydrogen-bond acceptors (Lipinski definition) is 3. The average molecular weight is 299 g/mol. The summed E-state index contributed by atoms with van der Waals surface area (Å²) in [5.41, 5.74) is 1.87. The van der Waals surface area contributed by atoms with Crippen LogP contribution in [0.1, 0.15) is 17.1 Å². The summed E-state index contributed by atoms with van der Waals surface area (Å²) < 4.78 is 0. The van der Waals surface area contributed by atoms with Crippen molar-refractivity contribution in [2.45, 2.75) is 24.5 Å². The third-order valence-corrected chi connectivity index (χ3v) is 4.19. The second-order valence-electron chi connectivity index (χ2n) is 3.88. The highest BCUT2D eigenvalue weighted by Crippen LogP contribution is 2.24. The van der Waals surface area contributed by atoms with Crippen LogP contribution in [0.15, 0.2) is 29.2 Å². The van der Waals surface area contributed by atoms with Gasteiger partial charge in [0.05, 0.1) is 5.75 Å². The molecule has 2 nitrogen and oxygen atoms in total. The molecular formula is C13H12Cl2N2S. The number of aryl methyl sites for hydroxylation is 1. The Bertz CT molecular complexity index is 532. The van der Waals surface area contributed by atoms with Gasteiger partial charge in [-0.3, -0.25) is 0 Å². The van der Waals surface area contributed by atoms with E-state index in [1.165, 1.54) is 0 Å².